The van der Waals surface area contributed by atoms with Gasteiger partial charge in [-0.2, -0.15) is 4.31 Å². The molecule has 1 aromatic rings. The second-order valence-corrected chi connectivity index (χ2v) is 12.5. The van der Waals surface area contributed by atoms with E-state index in [1.54, 1.807) is 28.6 Å². The van der Waals surface area contributed by atoms with E-state index in [0.29, 0.717) is 12.1 Å². The third-order valence-electron chi connectivity index (χ3n) is 7.01. The van der Waals surface area contributed by atoms with Crippen molar-refractivity contribution in [1.29, 1.82) is 0 Å². The average Bonchev–Trinajstić information content (AvgIpc) is 2.92. The second-order valence-electron chi connectivity index (χ2n) is 10.6. The lowest BCUT2D eigenvalue weighted by Crippen LogP contribution is -2.38. The van der Waals surface area contributed by atoms with Gasteiger partial charge in [-0.1, -0.05) is 46.1 Å². The lowest BCUT2D eigenvalue weighted by molar-refractivity contribution is 0.0927. The predicted molar refractivity (Wildman–Crippen MR) is 114 cm³/mol. The summed E-state index contributed by atoms with van der Waals surface area (Å²) in [6.45, 7) is 7.26. The third kappa shape index (κ3) is 4.24. The molecule has 160 valence electrons. The molecule has 1 heterocycles. The molecular weight excluding hydrogens is 384 g/mol. The van der Waals surface area contributed by atoms with Crippen LogP contribution < -0.4 is 5.32 Å². The average molecular weight is 419 g/mol. The van der Waals surface area contributed by atoms with Crippen LogP contribution in [0, 0.1) is 10.8 Å². The Morgan fingerprint density at radius 1 is 1.10 bits per heavy atom. The topological polar surface area (TPSA) is 66.5 Å². The minimum Gasteiger partial charge on any atom is -0.349 e. The van der Waals surface area contributed by atoms with Crippen molar-refractivity contribution in [3.05, 3.63) is 29.8 Å². The monoisotopic (exact) mass is 418 g/mol. The molecule has 3 aliphatic rings. The molecule has 2 saturated carbocycles. The van der Waals surface area contributed by atoms with Crippen LogP contribution in [0.25, 0.3) is 0 Å². The van der Waals surface area contributed by atoms with Crippen molar-refractivity contribution < 1.29 is 13.2 Å². The first-order valence-electron chi connectivity index (χ1n) is 11.0. The van der Waals surface area contributed by atoms with Crippen LogP contribution in [0.1, 0.15) is 82.5 Å². The van der Waals surface area contributed by atoms with E-state index in [9.17, 15) is 13.2 Å². The maximum atomic E-state index is 13.5. The standard InChI is InChI=1S/C23H34N2O3S/c1-22(2)13-19-14-23(3,15-22)16-25(19)29(27,28)20-11-7-8-17(12-20)21(26)24-18-9-5-4-6-10-18/h7-8,11-12,18-19H,4-6,9-10,13-16H2,1-3H3,(H,24,26)/t19-,23+/m1/s1. The first-order chi connectivity index (χ1) is 13.6. The number of sulfonamides is 1. The van der Waals surface area contributed by atoms with Crippen LogP contribution in [0.15, 0.2) is 29.2 Å². The van der Waals surface area contributed by atoms with E-state index in [1.807, 2.05) is 0 Å². The van der Waals surface area contributed by atoms with Gasteiger partial charge in [0.15, 0.2) is 0 Å². The summed E-state index contributed by atoms with van der Waals surface area (Å²) in [7, 11) is -3.62. The highest BCUT2D eigenvalue weighted by Crippen LogP contribution is 2.53. The highest BCUT2D eigenvalue weighted by atomic mass is 32.2. The van der Waals surface area contributed by atoms with E-state index < -0.39 is 10.0 Å². The van der Waals surface area contributed by atoms with Crippen LogP contribution in [0.3, 0.4) is 0 Å². The molecule has 0 aromatic heterocycles. The zero-order valence-corrected chi connectivity index (χ0v) is 18.7. The molecule has 1 saturated heterocycles. The van der Waals surface area contributed by atoms with Gasteiger partial charge in [0.05, 0.1) is 4.90 Å². The molecule has 6 heteroatoms. The van der Waals surface area contributed by atoms with E-state index >= 15 is 0 Å². The summed E-state index contributed by atoms with van der Waals surface area (Å²) in [4.78, 5) is 13.0. The number of nitrogens with zero attached hydrogens (tertiary/aromatic N) is 1. The van der Waals surface area contributed by atoms with E-state index in [-0.39, 0.29) is 33.7 Å². The fraction of sp³-hybridized carbons (Fsp3) is 0.696. The molecule has 5 nitrogen and oxygen atoms in total. The van der Waals surface area contributed by atoms with Gasteiger partial charge in [-0.3, -0.25) is 4.79 Å². The highest BCUT2D eigenvalue weighted by molar-refractivity contribution is 7.89. The largest absolute Gasteiger partial charge is 0.349 e. The fourth-order valence-corrected chi connectivity index (χ4v) is 7.96. The molecule has 0 spiro atoms. The van der Waals surface area contributed by atoms with Crippen molar-refractivity contribution in [3.8, 4) is 0 Å². The molecule has 2 atom stereocenters. The van der Waals surface area contributed by atoms with Gasteiger partial charge in [0.1, 0.15) is 0 Å². The number of benzene rings is 1. The van der Waals surface area contributed by atoms with Crippen LogP contribution in [0.2, 0.25) is 0 Å². The number of hydrogen-bond donors (Lipinski definition) is 1. The van der Waals surface area contributed by atoms with Gasteiger partial charge in [-0.05, 0) is 61.1 Å². The molecule has 3 fully saturated rings. The first-order valence-corrected chi connectivity index (χ1v) is 12.4. The van der Waals surface area contributed by atoms with Gasteiger partial charge in [-0.15, -0.1) is 0 Å². The summed E-state index contributed by atoms with van der Waals surface area (Å²) in [5.41, 5.74) is 0.629. The van der Waals surface area contributed by atoms with E-state index in [1.165, 1.54) is 6.42 Å². The Labute approximate surface area is 175 Å². The molecule has 0 unspecified atom stereocenters. The van der Waals surface area contributed by atoms with Crippen molar-refractivity contribution in [1.82, 2.24) is 9.62 Å². The normalized spacial score (nSPS) is 30.2. The van der Waals surface area contributed by atoms with Crippen molar-refractivity contribution >= 4 is 15.9 Å². The van der Waals surface area contributed by atoms with Gasteiger partial charge in [-0.25, -0.2) is 8.42 Å². The molecule has 1 amide bonds. The Kier molecular flexibility index (Phi) is 5.31. The van der Waals surface area contributed by atoms with Crippen molar-refractivity contribution in [3.63, 3.8) is 0 Å². The number of carbonyl (C=O) groups excluding carboxylic acids is 1. The van der Waals surface area contributed by atoms with Crippen LogP contribution in [-0.4, -0.2) is 37.3 Å². The molecule has 2 bridgehead atoms. The molecule has 0 radical (unpaired) electrons. The summed E-state index contributed by atoms with van der Waals surface area (Å²) in [5, 5.41) is 3.09. The van der Waals surface area contributed by atoms with Crippen molar-refractivity contribution in [2.75, 3.05) is 6.54 Å². The van der Waals surface area contributed by atoms with E-state index in [2.05, 4.69) is 26.1 Å². The molecule has 1 aliphatic heterocycles. The maximum Gasteiger partial charge on any atom is 0.251 e. The molecule has 4 rings (SSSR count). The lowest BCUT2D eigenvalue weighted by atomic mass is 9.65. The Morgan fingerprint density at radius 3 is 2.55 bits per heavy atom. The van der Waals surface area contributed by atoms with Gasteiger partial charge in [0.2, 0.25) is 10.0 Å². The van der Waals surface area contributed by atoms with Gasteiger partial charge >= 0.3 is 0 Å². The van der Waals surface area contributed by atoms with Crippen LogP contribution in [0.4, 0.5) is 0 Å². The first kappa shape index (κ1) is 20.9. The Hall–Kier alpha value is -1.40. The molecule has 1 aromatic carbocycles. The zero-order valence-electron chi connectivity index (χ0n) is 17.9. The quantitative estimate of drug-likeness (QED) is 0.791. The number of fused-ring (bicyclic) bond motifs is 2. The van der Waals surface area contributed by atoms with E-state index in [0.717, 1.165) is 44.9 Å². The lowest BCUT2D eigenvalue weighted by Gasteiger charge is -2.39. The predicted octanol–water partition coefficient (Wildman–Crippen LogP) is 4.34. The number of nitrogens with one attached hydrogen (secondary N) is 1. The second kappa shape index (κ2) is 7.38. The van der Waals surface area contributed by atoms with Gasteiger partial charge in [0, 0.05) is 24.2 Å². The maximum absolute atomic E-state index is 13.5. The molecule has 1 N–H and O–H groups in total. The Morgan fingerprint density at radius 2 is 1.83 bits per heavy atom. The van der Waals surface area contributed by atoms with Gasteiger partial charge in [0.25, 0.3) is 5.91 Å². The highest BCUT2D eigenvalue weighted by Gasteiger charge is 2.53. The Balaban J connectivity index is 1.55. The van der Waals surface area contributed by atoms with E-state index in [4.69, 9.17) is 0 Å². The van der Waals surface area contributed by atoms with Crippen LogP contribution in [0.5, 0.6) is 0 Å². The molecule has 29 heavy (non-hydrogen) atoms. The minimum absolute atomic E-state index is 0.0372. The summed E-state index contributed by atoms with van der Waals surface area (Å²) in [6, 6.07) is 6.84. The van der Waals surface area contributed by atoms with Crippen LogP contribution >= 0.6 is 0 Å². The van der Waals surface area contributed by atoms with Crippen LogP contribution in [-0.2, 0) is 10.0 Å². The number of carbonyl (C=O) groups is 1. The van der Waals surface area contributed by atoms with Crippen molar-refractivity contribution in [2.24, 2.45) is 10.8 Å². The summed E-state index contributed by atoms with van der Waals surface area (Å²) < 4.78 is 28.7. The molecular formula is C23H34N2O3S. The van der Waals surface area contributed by atoms with Crippen molar-refractivity contribution in [2.45, 2.75) is 89.1 Å². The third-order valence-corrected chi connectivity index (χ3v) is 8.90. The SMILES string of the molecule is CC1(C)C[C@@H]2C[C@](C)(CN2S(=O)(=O)c2cccc(C(=O)NC3CCCCC3)c2)C1. The Bertz CT molecular complexity index is 889. The zero-order chi connectivity index (χ0) is 20.9. The fourth-order valence-electron chi connectivity index (χ4n) is 6.14. The summed E-state index contributed by atoms with van der Waals surface area (Å²) in [6.07, 6.45) is 8.40. The summed E-state index contributed by atoms with van der Waals surface area (Å²) in [5.74, 6) is -0.165. The molecule has 2 aliphatic carbocycles. The number of amides is 1. The van der Waals surface area contributed by atoms with Gasteiger partial charge < -0.3 is 5.32 Å². The number of hydrogen-bond acceptors (Lipinski definition) is 3. The summed E-state index contributed by atoms with van der Waals surface area (Å²) >= 11 is 0. The minimum atomic E-state index is -3.62. The smallest absolute Gasteiger partial charge is 0.251 e. The number of rotatable bonds is 4.